The Morgan fingerprint density at radius 3 is 2.18 bits per heavy atom. The summed E-state index contributed by atoms with van der Waals surface area (Å²) < 4.78 is 0. The number of hydrogen-bond acceptors (Lipinski definition) is 2. The maximum absolute atomic E-state index is 8.47. The van der Waals surface area contributed by atoms with Crippen molar-refractivity contribution in [2.24, 2.45) is 5.73 Å². The van der Waals surface area contributed by atoms with E-state index >= 15 is 0 Å². The van der Waals surface area contributed by atoms with Gasteiger partial charge >= 0.3 is 0 Å². The quantitative estimate of drug-likeness (QED) is 0.456. The van der Waals surface area contributed by atoms with Crippen molar-refractivity contribution in [1.82, 2.24) is 0 Å². The van der Waals surface area contributed by atoms with Gasteiger partial charge in [-0.2, -0.15) is 0 Å². The third-order valence-electron chi connectivity index (χ3n) is 1.58. The molecule has 0 atom stereocenters. The average Bonchev–Trinajstić information content (AvgIpc) is 1.96. The Hall–Kier alpha value is -0.150. The van der Waals surface area contributed by atoms with Crippen LogP contribution in [-0.4, -0.2) is 16.7 Å². The van der Waals surface area contributed by atoms with E-state index in [0.29, 0.717) is 11.6 Å². The fraction of sp³-hybridized carbons (Fsp3) is 0.875. The number of thiocarbonyl (C=S) groups is 1. The number of rotatable bonds is 7. The highest BCUT2D eigenvalue weighted by molar-refractivity contribution is 7.80. The summed E-state index contributed by atoms with van der Waals surface area (Å²) in [6.07, 6.45) is 6.37. The Morgan fingerprint density at radius 1 is 1.09 bits per heavy atom. The summed E-state index contributed by atoms with van der Waals surface area (Å²) in [4.78, 5) is 0.618. The molecule has 0 saturated carbocycles. The predicted octanol–water partition coefficient (Wildman–Crippen LogP) is 1.61. The van der Waals surface area contributed by atoms with Crippen LogP contribution < -0.4 is 5.73 Å². The van der Waals surface area contributed by atoms with Gasteiger partial charge < -0.3 is 10.8 Å². The van der Waals surface area contributed by atoms with Gasteiger partial charge in [-0.25, -0.2) is 0 Å². The van der Waals surface area contributed by atoms with Crippen molar-refractivity contribution < 1.29 is 5.11 Å². The number of unbranched alkanes of at least 4 members (excludes halogenated alkanes) is 4. The minimum absolute atomic E-state index is 0.315. The number of aliphatic hydroxyl groups excluding tert-OH is 1. The zero-order chi connectivity index (χ0) is 8.53. The van der Waals surface area contributed by atoms with Gasteiger partial charge in [-0.3, -0.25) is 0 Å². The lowest BCUT2D eigenvalue weighted by atomic mass is 10.1. The zero-order valence-corrected chi connectivity index (χ0v) is 7.70. The molecule has 0 amide bonds. The largest absolute Gasteiger partial charge is 0.396 e. The Labute approximate surface area is 73.8 Å². The van der Waals surface area contributed by atoms with E-state index in [1.807, 2.05) is 0 Å². The second kappa shape index (κ2) is 7.95. The Kier molecular flexibility index (Phi) is 7.84. The molecular formula is C8H17NOS. The Morgan fingerprint density at radius 2 is 1.64 bits per heavy atom. The van der Waals surface area contributed by atoms with E-state index < -0.39 is 0 Å². The average molecular weight is 175 g/mol. The molecule has 0 spiro atoms. The maximum Gasteiger partial charge on any atom is 0.0727 e. The summed E-state index contributed by atoms with van der Waals surface area (Å²) in [5.74, 6) is 0. The van der Waals surface area contributed by atoms with Crippen LogP contribution in [0.4, 0.5) is 0 Å². The van der Waals surface area contributed by atoms with E-state index in [1.165, 1.54) is 12.8 Å². The first kappa shape index (κ1) is 10.8. The highest BCUT2D eigenvalue weighted by atomic mass is 32.1. The van der Waals surface area contributed by atoms with Gasteiger partial charge in [-0.05, 0) is 19.3 Å². The summed E-state index contributed by atoms with van der Waals surface area (Å²) in [6, 6.07) is 0. The first-order chi connectivity index (χ1) is 5.27. The second-order valence-electron chi connectivity index (χ2n) is 2.71. The highest BCUT2D eigenvalue weighted by Crippen LogP contribution is 2.04. The first-order valence-corrected chi connectivity index (χ1v) is 4.57. The molecule has 0 unspecified atom stereocenters. The molecule has 0 heterocycles. The van der Waals surface area contributed by atoms with Crippen molar-refractivity contribution in [2.75, 3.05) is 6.61 Å². The lowest BCUT2D eigenvalue weighted by molar-refractivity contribution is 0.282. The lowest BCUT2D eigenvalue weighted by Crippen LogP contribution is -2.06. The van der Waals surface area contributed by atoms with E-state index in [-0.39, 0.29) is 0 Å². The fourth-order valence-corrected chi connectivity index (χ4v) is 1.09. The third-order valence-corrected chi connectivity index (χ3v) is 1.79. The summed E-state index contributed by atoms with van der Waals surface area (Å²) in [5, 5.41) is 8.47. The van der Waals surface area contributed by atoms with Crippen molar-refractivity contribution >= 4 is 17.2 Å². The molecule has 3 N–H and O–H groups in total. The normalized spacial score (nSPS) is 9.91. The van der Waals surface area contributed by atoms with Gasteiger partial charge in [0.05, 0.1) is 4.99 Å². The molecule has 66 valence electrons. The van der Waals surface area contributed by atoms with Crippen molar-refractivity contribution in [3.05, 3.63) is 0 Å². The molecule has 0 aromatic carbocycles. The number of nitrogens with two attached hydrogens (primary N) is 1. The van der Waals surface area contributed by atoms with E-state index in [4.69, 9.17) is 23.1 Å². The topological polar surface area (TPSA) is 46.2 Å². The van der Waals surface area contributed by atoms with Gasteiger partial charge in [0.25, 0.3) is 0 Å². The smallest absolute Gasteiger partial charge is 0.0727 e. The monoisotopic (exact) mass is 175 g/mol. The van der Waals surface area contributed by atoms with Crippen molar-refractivity contribution in [2.45, 2.75) is 38.5 Å². The zero-order valence-electron chi connectivity index (χ0n) is 6.88. The molecule has 0 saturated heterocycles. The predicted molar refractivity (Wildman–Crippen MR) is 51.6 cm³/mol. The third kappa shape index (κ3) is 9.85. The highest BCUT2D eigenvalue weighted by Gasteiger charge is 1.91. The fourth-order valence-electron chi connectivity index (χ4n) is 0.941. The second-order valence-corrected chi connectivity index (χ2v) is 3.23. The molecule has 0 aromatic rings. The van der Waals surface area contributed by atoms with Crippen LogP contribution in [0.5, 0.6) is 0 Å². The van der Waals surface area contributed by atoms with E-state index in [0.717, 1.165) is 25.7 Å². The van der Waals surface area contributed by atoms with E-state index in [9.17, 15) is 0 Å². The van der Waals surface area contributed by atoms with Crippen molar-refractivity contribution in [3.8, 4) is 0 Å². The maximum atomic E-state index is 8.47. The molecule has 0 bridgehead atoms. The van der Waals surface area contributed by atoms with Crippen LogP contribution >= 0.6 is 12.2 Å². The van der Waals surface area contributed by atoms with E-state index in [2.05, 4.69) is 0 Å². The van der Waals surface area contributed by atoms with Crippen LogP contribution in [0.2, 0.25) is 0 Å². The molecule has 0 aromatic heterocycles. The van der Waals surface area contributed by atoms with Crippen LogP contribution in [0.3, 0.4) is 0 Å². The van der Waals surface area contributed by atoms with E-state index in [1.54, 1.807) is 0 Å². The Bertz CT molecular complexity index is 106. The van der Waals surface area contributed by atoms with Crippen LogP contribution in [-0.2, 0) is 0 Å². The summed E-state index contributed by atoms with van der Waals surface area (Å²) in [6.45, 7) is 0.315. The minimum Gasteiger partial charge on any atom is -0.396 e. The number of aliphatic hydroxyl groups is 1. The van der Waals surface area contributed by atoms with Gasteiger partial charge in [0.15, 0.2) is 0 Å². The molecule has 11 heavy (non-hydrogen) atoms. The Balaban J connectivity index is 2.85. The van der Waals surface area contributed by atoms with Crippen molar-refractivity contribution in [1.29, 1.82) is 0 Å². The van der Waals surface area contributed by atoms with Crippen LogP contribution in [0.15, 0.2) is 0 Å². The molecule has 3 heteroatoms. The SMILES string of the molecule is NC(=S)CCCCCCCO. The summed E-state index contributed by atoms with van der Waals surface area (Å²) >= 11 is 4.73. The molecule has 0 aliphatic rings. The molecule has 0 rings (SSSR count). The van der Waals surface area contributed by atoms with Gasteiger partial charge in [-0.1, -0.05) is 31.5 Å². The molecule has 0 fully saturated rings. The molecule has 2 nitrogen and oxygen atoms in total. The lowest BCUT2D eigenvalue weighted by Gasteiger charge is -1.98. The molecular weight excluding hydrogens is 158 g/mol. The summed E-state index contributed by atoms with van der Waals surface area (Å²) in [7, 11) is 0. The van der Waals surface area contributed by atoms with Crippen molar-refractivity contribution in [3.63, 3.8) is 0 Å². The van der Waals surface area contributed by atoms with Gasteiger partial charge in [0, 0.05) is 6.61 Å². The van der Waals surface area contributed by atoms with Crippen LogP contribution in [0, 0.1) is 0 Å². The van der Waals surface area contributed by atoms with Crippen LogP contribution in [0.25, 0.3) is 0 Å². The first-order valence-electron chi connectivity index (χ1n) is 4.16. The van der Waals surface area contributed by atoms with Crippen LogP contribution in [0.1, 0.15) is 38.5 Å². The number of hydrogen-bond donors (Lipinski definition) is 2. The van der Waals surface area contributed by atoms with Gasteiger partial charge in [-0.15, -0.1) is 0 Å². The van der Waals surface area contributed by atoms with Gasteiger partial charge in [0.2, 0.25) is 0 Å². The molecule has 0 aliphatic carbocycles. The van der Waals surface area contributed by atoms with Gasteiger partial charge in [0.1, 0.15) is 0 Å². The standard InChI is InChI=1S/C8H17NOS/c9-8(11)6-4-2-1-3-5-7-10/h10H,1-7H2,(H2,9,11). The summed E-state index contributed by atoms with van der Waals surface area (Å²) in [5.41, 5.74) is 5.32. The minimum atomic E-state index is 0.315. The molecule has 0 aliphatic heterocycles. The molecule has 0 radical (unpaired) electrons.